The van der Waals surface area contributed by atoms with E-state index in [9.17, 15) is 4.79 Å². The zero-order chi connectivity index (χ0) is 14.1. The Bertz CT molecular complexity index is 225. The van der Waals surface area contributed by atoms with E-state index in [4.69, 9.17) is 5.73 Å². The molecule has 0 saturated carbocycles. The molecule has 1 unspecified atom stereocenters. The molecule has 1 atom stereocenters. The molecule has 108 valence electrons. The lowest BCUT2D eigenvalue weighted by Crippen LogP contribution is -2.36. The molecular formula is C15H32N2O. The van der Waals surface area contributed by atoms with Gasteiger partial charge in [-0.1, -0.05) is 27.7 Å². The zero-order valence-corrected chi connectivity index (χ0v) is 12.9. The van der Waals surface area contributed by atoms with Crippen molar-refractivity contribution in [2.75, 3.05) is 13.6 Å². The Kier molecular flexibility index (Phi) is 9.08. The van der Waals surface area contributed by atoms with Crippen LogP contribution in [0.4, 0.5) is 0 Å². The number of carbonyl (C=O) groups excluding carboxylic acids is 1. The minimum atomic E-state index is 0.284. The van der Waals surface area contributed by atoms with Crippen LogP contribution in [0.25, 0.3) is 0 Å². The molecule has 0 saturated heterocycles. The summed E-state index contributed by atoms with van der Waals surface area (Å²) in [5.74, 6) is 1.47. The number of hydrogen-bond acceptors (Lipinski definition) is 2. The van der Waals surface area contributed by atoms with Gasteiger partial charge in [0.2, 0.25) is 5.91 Å². The highest BCUT2D eigenvalue weighted by molar-refractivity contribution is 5.76. The van der Waals surface area contributed by atoms with Crippen molar-refractivity contribution in [3.8, 4) is 0 Å². The quantitative estimate of drug-likeness (QED) is 0.689. The predicted molar refractivity (Wildman–Crippen MR) is 78.4 cm³/mol. The van der Waals surface area contributed by atoms with E-state index in [-0.39, 0.29) is 5.91 Å². The normalized spacial score (nSPS) is 13.1. The highest BCUT2D eigenvalue weighted by Gasteiger charge is 2.19. The molecule has 0 aliphatic rings. The van der Waals surface area contributed by atoms with Crippen LogP contribution in [-0.4, -0.2) is 30.4 Å². The Labute approximate surface area is 113 Å². The fraction of sp³-hybridized carbons (Fsp3) is 0.933. The summed E-state index contributed by atoms with van der Waals surface area (Å²) in [5, 5.41) is 0. The summed E-state index contributed by atoms with van der Waals surface area (Å²) in [7, 11) is 1.94. The number of carbonyl (C=O) groups is 1. The van der Waals surface area contributed by atoms with Crippen LogP contribution in [-0.2, 0) is 4.79 Å². The molecule has 2 N–H and O–H groups in total. The molecule has 0 heterocycles. The van der Waals surface area contributed by atoms with E-state index >= 15 is 0 Å². The lowest BCUT2D eigenvalue weighted by Gasteiger charge is -2.27. The van der Waals surface area contributed by atoms with Gasteiger partial charge in [0, 0.05) is 19.5 Å². The SMILES string of the molecule is CCC(CC)N(C)C(=O)CCC(CCN)C(C)C. The van der Waals surface area contributed by atoms with E-state index in [0.717, 1.165) is 32.2 Å². The molecule has 3 heteroatoms. The number of rotatable bonds is 9. The predicted octanol–water partition coefficient (Wildman–Crippen LogP) is 3.03. The summed E-state index contributed by atoms with van der Waals surface area (Å²) in [6.45, 7) is 9.44. The van der Waals surface area contributed by atoms with Crippen LogP contribution in [0.3, 0.4) is 0 Å². The second-order valence-electron chi connectivity index (χ2n) is 5.60. The Balaban J connectivity index is 4.21. The highest BCUT2D eigenvalue weighted by Crippen LogP contribution is 2.21. The molecule has 1 amide bonds. The molecule has 0 aromatic carbocycles. The van der Waals surface area contributed by atoms with Crippen LogP contribution in [0.15, 0.2) is 0 Å². The summed E-state index contributed by atoms with van der Waals surface area (Å²) in [5.41, 5.74) is 5.63. The van der Waals surface area contributed by atoms with Crippen molar-refractivity contribution in [2.45, 2.75) is 65.8 Å². The van der Waals surface area contributed by atoms with Gasteiger partial charge in [-0.05, 0) is 44.1 Å². The van der Waals surface area contributed by atoms with Gasteiger partial charge in [0.05, 0.1) is 0 Å². The van der Waals surface area contributed by atoms with Crippen molar-refractivity contribution in [1.82, 2.24) is 4.90 Å². The van der Waals surface area contributed by atoms with Gasteiger partial charge in [0.15, 0.2) is 0 Å². The van der Waals surface area contributed by atoms with Crippen LogP contribution in [0.2, 0.25) is 0 Å². The minimum absolute atomic E-state index is 0.284. The molecule has 0 bridgehead atoms. The minimum Gasteiger partial charge on any atom is -0.343 e. The molecule has 0 spiro atoms. The standard InChI is InChI=1S/C15H32N2O/c1-6-14(7-2)17(5)15(18)9-8-13(10-11-16)12(3)4/h12-14H,6-11,16H2,1-5H3. The smallest absolute Gasteiger partial charge is 0.222 e. The molecule has 0 rings (SSSR count). The van der Waals surface area contributed by atoms with E-state index < -0.39 is 0 Å². The van der Waals surface area contributed by atoms with Gasteiger partial charge in [-0.25, -0.2) is 0 Å². The van der Waals surface area contributed by atoms with Gasteiger partial charge in [-0.2, -0.15) is 0 Å². The van der Waals surface area contributed by atoms with Gasteiger partial charge < -0.3 is 10.6 Å². The third-order valence-electron chi connectivity index (χ3n) is 4.09. The second-order valence-corrected chi connectivity index (χ2v) is 5.60. The van der Waals surface area contributed by atoms with Crippen molar-refractivity contribution in [1.29, 1.82) is 0 Å². The molecule has 3 nitrogen and oxygen atoms in total. The first-order valence-electron chi connectivity index (χ1n) is 7.43. The fourth-order valence-electron chi connectivity index (χ4n) is 2.55. The highest BCUT2D eigenvalue weighted by atomic mass is 16.2. The van der Waals surface area contributed by atoms with Crippen LogP contribution < -0.4 is 5.73 Å². The maximum atomic E-state index is 12.1. The molecule has 0 aliphatic heterocycles. The van der Waals surface area contributed by atoms with Gasteiger partial charge in [0.25, 0.3) is 0 Å². The van der Waals surface area contributed by atoms with Crippen LogP contribution in [0.5, 0.6) is 0 Å². The molecule has 0 fully saturated rings. The third-order valence-corrected chi connectivity index (χ3v) is 4.09. The summed E-state index contributed by atoms with van der Waals surface area (Å²) in [6.07, 6.45) is 4.73. The third kappa shape index (κ3) is 5.85. The molecule has 0 aromatic heterocycles. The molecule has 0 radical (unpaired) electrons. The van der Waals surface area contributed by atoms with Crippen LogP contribution >= 0.6 is 0 Å². The largest absolute Gasteiger partial charge is 0.343 e. The number of amides is 1. The number of hydrogen-bond donors (Lipinski definition) is 1. The van der Waals surface area contributed by atoms with Crippen molar-refractivity contribution in [2.24, 2.45) is 17.6 Å². The first kappa shape index (κ1) is 17.4. The maximum absolute atomic E-state index is 12.1. The van der Waals surface area contributed by atoms with Crippen molar-refractivity contribution in [3.63, 3.8) is 0 Å². The fourth-order valence-corrected chi connectivity index (χ4v) is 2.55. The van der Waals surface area contributed by atoms with Crippen molar-refractivity contribution >= 4 is 5.91 Å². The van der Waals surface area contributed by atoms with E-state index in [0.29, 0.717) is 24.3 Å². The first-order chi connectivity index (χ1) is 8.47. The van der Waals surface area contributed by atoms with Gasteiger partial charge in [0.1, 0.15) is 0 Å². The Morgan fingerprint density at radius 2 is 1.72 bits per heavy atom. The van der Waals surface area contributed by atoms with Crippen molar-refractivity contribution < 1.29 is 4.79 Å². The molecule has 18 heavy (non-hydrogen) atoms. The Morgan fingerprint density at radius 1 is 1.17 bits per heavy atom. The van der Waals surface area contributed by atoms with Gasteiger partial charge in [-0.3, -0.25) is 4.79 Å². The average Bonchev–Trinajstić information content (AvgIpc) is 2.34. The van der Waals surface area contributed by atoms with E-state index in [2.05, 4.69) is 27.7 Å². The maximum Gasteiger partial charge on any atom is 0.222 e. The van der Waals surface area contributed by atoms with E-state index in [1.165, 1.54) is 0 Å². The number of nitrogens with two attached hydrogens (primary N) is 1. The lowest BCUT2D eigenvalue weighted by molar-refractivity contribution is -0.132. The Hall–Kier alpha value is -0.570. The van der Waals surface area contributed by atoms with Crippen molar-refractivity contribution in [3.05, 3.63) is 0 Å². The van der Waals surface area contributed by atoms with Gasteiger partial charge in [-0.15, -0.1) is 0 Å². The lowest BCUT2D eigenvalue weighted by atomic mass is 9.88. The zero-order valence-electron chi connectivity index (χ0n) is 12.9. The Morgan fingerprint density at radius 3 is 2.11 bits per heavy atom. The summed E-state index contributed by atoms with van der Waals surface area (Å²) in [6, 6.07) is 0.393. The summed E-state index contributed by atoms with van der Waals surface area (Å²) in [4.78, 5) is 14.1. The second kappa shape index (κ2) is 9.37. The monoisotopic (exact) mass is 256 g/mol. The van der Waals surface area contributed by atoms with Crippen LogP contribution in [0, 0.1) is 11.8 Å². The van der Waals surface area contributed by atoms with E-state index in [1.54, 1.807) is 0 Å². The topological polar surface area (TPSA) is 46.3 Å². The molecule has 0 aliphatic carbocycles. The average molecular weight is 256 g/mol. The van der Waals surface area contributed by atoms with Crippen LogP contribution in [0.1, 0.15) is 59.8 Å². The van der Waals surface area contributed by atoms with E-state index in [1.807, 2.05) is 11.9 Å². The number of nitrogens with zero attached hydrogens (tertiary/aromatic N) is 1. The summed E-state index contributed by atoms with van der Waals surface area (Å²) >= 11 is 0. The summed E-state index contributed by atoms with van der Waals surface area (Å²) < 4.78 is 0. The first-order valence-corrected chi connectivity index (χ1v) is 7.43. The van der Waals surface area contributed by atoms with Gasteiger partial charge >= 0.3 is 0 Å². The molecule has 0 aromatic rings. The molecular weight excluding hydrogens is 224 g/mol.